The van der Waals surface area contributed by atoms with Crippen LogP contribution in [-0.4, -0.2) is 27.5 Å². The van der Waals surface area contributed by atoms with Crippen LogP contribution in [0.2, 0.25) is 0 Å². The molecule has 0 heterocycles. The number of halogens is 1. The van der Waals surface area contributed by atoms with Gasteiger partial charge in [0.15, 0.2) is 6.61 Å². The van der Waals surface area contributed by atoms with Crippen LogP contribution < -0.4 is 15.2 Å². The molecule has 128 valence electrons. The topological polar surface area (TPSA) is 98.5 Å². The maximum Gasteiger partial charge on any atom is 0.257 e. The SMILES string of the molecule is NS(=O)(=O)c1ccc(CCNC(=O)COc2ccccc2I)cc1. The Balaban J connectivity index is 1.75. The molecule has 2 aromatic carbocycles. The van der Waals surface area contributed by atoms with E-state index in [1.54, 1.807) is 12.1 Å². The van der Waals surface area contributed by atoms with Crippen molar-refractivity contribution in [1.29, 1.82) is 0 Å². The summed E-state index contributed by atoms with van der Waals surface area (Å²) in [5, 5.41) is 7.80. The van der Waals surface area contributed by atoms with Crippen LogP contribution in [0.1, 0.15) is 5.56 Å². The van der Waals surface area contributed by atoms with Crippen molar-refractivity contribution < 1.29 is 17.9 Å². The number of para-hydroxylation sites is 1. The highest BCUT2D eigenvalue weighted by Crippen LogP contribution is 2.19. The maximum absolute atomic E-state index is 11.8. The van der Waals surface area contributed by atoms with E-state index in [1.165, 1.54) is 12.1 Å². The molecule has 0 aliphatic carbocycles. The van der Waals surface area contributed by atoms with Crippen molar-refractivity contribution in [2.24, 2.45) is 5.14 Å². The van der Waals surface area contributed by atoms with E-state index in [2.05, 4.69) is 27.9 Å². The molecule has 3 N–H and O–H groups in total. The second-order valence-electron chi connectivity index (χ2n) is 5.01. The van der Waals surface area contributed by atoms with Crippen LogP contribution in [0, 0.1) is 3.57 Å². The minimum atomic E-state index is -3.68. The number of benzene rings is 2. The van der Waals surface area contributed by atoms with E-state index >= 15 is 0 Å². The average molecular weight is 460 g/mol. The van der Waals surface area contributed by atoms with E-state index in [4.69, 9.17) is 9.88 Å². The van der Waals surface area contributed by atoms with Crippen molar-refractivity contribution >= 4 is 38.5 Å². The zero-order chi connectivity index (χ0) is 17.6. The lowest BCUT2D eigenvalue weighted by Crippen LogP contribution is -2.30. The normalized spacial score (nSPS) is 11.1. The summed E-state index contributed by atoms with van der Waals surface area (Å²) >= 11 is 2.14. The molecule has 0 fully saturated rings. The number of hydrogen-bond donors (Lipinski definition) is 2. The van der Waals surface area contributed by atoms with Crippen LogP contribution in [0.25, 0.3) is 0 Å². The molecular formula is C16H17IN2O4S. The summed E-state index contributed by atoms with van der Waals surface area (Å²) in [6, 6.07) is 13.7. The Bertz CT molecular complexity index is 807. The van der Waals surface area contributed by atoms with Crippen molar-refractivity contribution in [3.05, 3.63) is 57.7 Å². The number of primary sulfonamides is 1. The molecule has 0 aliphatic rings. The number of sulfonamides is 1. The minimum Gasteiger partial charge on any atom is -0.483 e. The van der Waals surface area contributed by atoms with Gasteiger partial charge in [-0.3, -0.25) is 4.79 Å². The van der Waals surface area contributed by atoms with Crippen LogP contribution in [0.4, 0.5) is 0 Å². The molecule has 24 heavy (non-hydrogen) atoms. The first-order chi connectivity index (χ1) is 11.4. The highest BCUT2D eigenvalue weighted by atomic mass is 127. The van der Waals surface area contributed by atoms with Gasteiger partial charge in [-0.15, -0.1) is 0 Å². The summed E-state index contributed by atoms with van der Waals surface area (Å²) < 4.78 is 28.7. The van der Waals surface area contributed by atoms with E-state index in [1.807, 2.05) is 24.3 Å². The minimum absolute atomic E-state index is 0.0512. The molecule has 0 radical (unpaired) electrons. The van der Waals surface area contributed by atoms with Gasteiger partial charge in [0.05, 0.1) is 8.47 Å². The summed E-state index contributed by atoms with van der Waals surface area (Å²) in [6.45, 7) is 0.382. The average Bonchev–Trinajstić information content (AvgIpc) is 2.54. The largest absolute Gasteiger partial charge is 0.483 e. The third-order valence-corrected chi connectivity index (χ3v) is 5.00. The summed E-state index contributed by atoms with van der Waals surface area (Å²) in [6.07, 6.45) is 0.583. The molecule has 0 spiro atoms. The van der Waals surface area contributed by atoms with Gasteiger partial charge in [0.25, 0.3) is 5.91 Å². The fourth-order valence-corrected chi connectivity index (χ4v) is 3.01. The first-order valence-corrected chi connectivity index (χ1v) is 9.74. The van der Waals surface area contributed by atoms with Crippen LogP contribution in [0.3, 0.4) is 0 Å². The lowest BCUT2D eigenvalue weighted by molar-refractivity contribution is -0.123. The fourth-order valence-electron chi connectivity index (χ4n) is 1.95. The Morgan fingerprint density at radius 3 is 2.42 bits per heavy atom. The van der Waals surface area contributed by atoms with Crippen molar-refractivity contribution in [1.82, 2.24) is 5.32 Å². The highest BCUT2D eigenvalue weighted by Gasteiger charge is 2.07. The standard InChI is InChI=1S/C16H17IN2O4S/c17-14-3-1-2-4-15(14)23-11-16(20)19-10-9-12-5-7-13(8-6-12)24(18,21)22/h1-8H,9-11H2,(H,19,20)(H2,18,21,22). The molecule has 0 atom stereocenters. The van der Waals surface area contributed by atoms with E-state index < -0.39 is 10.0 Å². The van der Waals surface area contributed by atoms with E-state index in [0.29, 0.717) is 18.7 Å². The summed E-state index contributed by atoms with van der Waals surface area (Å²) in [5.74, 6) is 0.461. The second-order valence-corrected chi connectivity index (χ2v) is 7.73. The first kappa shape index (κ1) is 18.7. The van der Waals surface area contributed by atoms with Crippen molar-refractivity contribution in [2.45, 2.75) is 11.3 Å². The Labute approximate surface area is 154 Å². The van der Waals surface area contributed by atoms with E-state index in [0.717, 1.165) is 9.13 Å². The van der Waals surface area contributed by atoms with Crippen LogP contribution in [0.15, 0.2) is 53.4 Å². The molecule has 1 amide bonds. The lowest BCUT2D eigenvalue weighted by atomic mass is 10.1. The number of nitrogens with two attached hydrogens (primary N) is 1. The Morgan fingerprint density at radius 2 is 1.79 bits per heavy atom. The van der Waals surface area contributed by atoms with Crippen LogP contribution in [0.5, 0.6) is 5.75 Å². The van der Waals surface area contributed by atoms with Gasteiger partial charge >= 0.3 is 0 Å². The molecular weight excluding hydrogens is 443 g/mol. The first-order valence-electron chi connectivity index (χ1n) is 7.12. The molecule has 2 aromatic rings. The van der Waals surface area contributed by atoms with Gasteiger partial charge in [-0.25, -0.2) is 13.6 Å². The van der Waals surface area contributed by atoms with Crippen molar-refractivity contribution in [3.63, 3.8) is 0 Å². The number of amides is 1. The third kappa shape index (κ3) is 5.77. The Hall–Kier alpha value is -1.65. The van der Waals surface area contributed by atoms with E-state index in [9.17, 15) is 13.2 Å². The highest BCUT2D eigenvalue weighted by molar-refractivity contribution is 14.1. The van der Waals surface area contributed by atoms with Crippen molar-refractivity contribution in [2.75, 3.05) is 13.2 Å². The number of carbonyl (C=O) groups excluding carboxylic acids is 1. The maximum atomic E-state index is 11.8. The Morgan fingerprint density at radius 1 is 1.12 bits per heavy atom. The third-order valence-electron chi connectivity index (χ3n) is 3.18. The second kappa shape index (κ2) is 8.45. The van der Waals surface area contributed by atoms with Crippen LogP contribution >= 0.6 is 22.6 Å². The predicted molar refractivity (Wildman–Crippen MR) is 99.2 cm³/mol. The van der Waals surface area contributed by atoms with Gasteiger partial charge in [0.2, 0.25) is 10.0 Å². The summed E-state index contributed by atoms with van der Waals surface area (Å²) in [5.41, 5.74) is 0.904. The smallest absolute Gasteiger partial charge is 0.257 e. The summed E-state index contributed by atoms with van der Waals surface area (Å²) in [7, 11) is -3.68. The molecule has 0 aromatic heterocycles. The quantitative estimate of drug-likeness (QED) is 0.615. The molecule has 0 unspecified atom stereocenters. The van der Waals surface area contributed by atoms with Gasteiger partial charge in [-0.1, -0.05) is 24.3 Å². The molecule has 8 heteroatoms. The molecule has 0 bridgehead atoms. The number of rotatable bonds is 7. The molecule has 0 saturated heterocycles. The number of nitrogens with one attached hydrogen (secondary N) is 1. The molecule has 0 aliphatic heterocycles. The summed E-state index contributed by atoms with van der Waals surface area (Å²) in [4.78, 5) is 11.8. The Kier molecular flexibility index (Phi) is 6.58. The zero-order valence-corrected chi connectivity index (χ0v) is 15.7. The van der Waals surface area contributed by atoms with Gasteiger partial charge in [-0.2, -0.15) is 0 Å². The van der Waals surface area contributed by atoms with Gasteiger partial charge in [-0.05, 0) is 58.8 Å². The predicted octanol–water partition coefficient (Wildman–Crippen LogP) is 1.68. The van der Waals surface area contributed by atoms with Gasteiger partial charge in [0, 0.05) is 6.54 Å². The zero-order valence-electron chi connectivity index (χ0n) is 12.7. The fraction of sp³-hybridized carbons (Fsp3) is 0.188. The monoisotopic (exact) mass is 460 g/mol. The number of ether oxygens (including phenoxy) is 1. The molecule has 0 saturated carbocycles. The van der Waals surface area contributed by atoms with Gasteiger partial charge < -0.3 is 10.1 Å². The molecule has 2 rings (SSSR count). The van der Waals surface area contributed by atoms with Crippen molar-refractivity contribution in [3.8, 4) is 5.75 Å². The molecule has 6 nitrogen and oxygen atoms in total. The number of hydrogen-bond acceptors (Lipinski definition) is 4. The van der Waals surface area contributed by atoms with E-state index in [-0.39, 0.29) is 17.4 Å². The lowest BCUT2D eigenvalue weighted by Gasteiger charge is -2.09. The van der Waals surface area contributed by atoms with Crippen LogP contribution in [-0.2, 0) is 21.2 Å². The van der Waals surface area contributed by atoms with Gasteiger partial charge in [0.1, 0.15) is 5.75 Å². The number of carbonyl (C=O) groups is 1.